The molecule has 1 fully saturated rings. The quantitative estimate of drug-likeness (QED) is 0.499. The summed E-state index contributed by atoms with van der Waals surface area (Å²) in [5.74, 6) is -0.0603. The molecule has 2 aromatic carbocycles. The Morgan fingerprint density at radius 3 is 2.48 bits per heavy atom. The van der Waals surface area contributed by atoms with Crippen molar-refractivity contribution in [1.82, 2.24) is 4.90 Å². The number of hydrogen-bond acceptors (Lipinski definition) is 3. The van der Waals surface area contributed by atoms with Gasteiger partial charge in [-0.25, -0.2) is 0 Å². The van der Waals surface area contributed by atoms with Crippen LogP contribution in [-0.2, 0) is 9.53 Å². The van der Waals surface area contributed by atoms with Crippen LogP contribution in [0.5, 0.6) is 0 Å². The minimum Gasteiger partial charge on any atom is -0.463 e. The fourth-order valence-corrected chi connectivity index (χ4v) is 4.26. The van der Waals surface area contributed by atoms with Crippen molar-refractivity contribution in [3.05, 3.63) is 60.7 Å². The van der Waals surface area contributed by atoms with Gasteiger partial charge in [-0.1, -0.05) is 48.5 Å². The Morgan fingerprint density at radius 1 is 1.15 bits per heavy atom. The Morgan fingerprint density at radius 2 is 1.81 bits per heavy atom. The van der Waals surface area contributed by atoms with Gasteiger partial charge in [-0.05, 0) is 69.5 Å². The van der Waals surface area contributed by atoms with Gasteiger partial charge in [0.15, 0.2) is 0 Å². The number of carbonyl (C=O) groups excluding carboxylic acids is 1. The van der Waals surface area contributed by atoms with Crippen LogP contribution in [0.2, 0.25) is 0 Å². The molecule has 3 nitrogen and oxygen atoms in total. The molecule has 0 bridgehead atoms. The van der Waals surface area contributed by atoms with Crippen LogP contribution in [0.25, 0.3) is 10.8 Å². The Balaban J connectivity index is 1.77. The lowest BCUT2D eigenvalue weighted by molar-refractivity contribution is -0.163. The molecular formula is C24H31NO2. The average Bonchev–Trinajstić information content (AvgIpc) is 2.67. The molecule has 0 saturated carbocycles. The minimum atomic E-state index is -0.416. The highest BCUT2D eigenvalue weighted by Gasteiger charge is 2.42. The third kappa shape index (κ3) is 4.08. The van der Waals surface area contributed by atoms with E-state index in [4.69, 9.17) is 4.74 Å². The number of fused-ring (bicyclic) bond motifs is 1. The van der Waals surface area contributed by atoms with Crippen molar-refractivity contribution >= 4 is 16.7 Å². The molecule has 0 N–H and O–H groups in total. The van der Waals surface area contributed by atoms with Crippen LogP contribution in [-0.4, -0.2) is 30.1 Å². The summed E-state index contributed by atoms with van der Waals surface area (Å²) in [7, 11) is 0. The number of likely N-dealkylation sites (tertiary alicyclic amines) is 1. The van der Waals surface area contributed by atoms with E-state index in [0.717, 1.165) is 25.9 Å². The molecule has 1 heterocycles. The first-order chi connectivity index (χ1) is 13.0. The molecule has 144 valence electrons. The van der Waals surface area contributed by atoms with Crippen LogP contribution in [0.15, 0.2) is 55.1 Å². The molecule has 2 aromatic rings. The minimum absolute atomic E-state index is 0.0603. The zero-order valence-electron chi connectivity index (χ0n) is 16.8. The molecule has 3 rings (SSSR count). The maximum atomic E-state index is 12.8. The second kappa shape index (κ2) is 8.26. The standard InChI is InChI=1S/C24H31NO2/c1-5-13-24(23(26)27-18(2)3)14-16-25(17-15-24)19(4)21-12-8-10-20-9-6-7-11-22(20)21/h5-12,18-19H,1,13-17H2,2-4H3. The van der Waals surface area contributed by atoms with Gasteiger partial charge < -0.3 is 4.74 Å². The van der Waals surface area contributed by atoms with Crippen molar-refractivity contribution in [2.45, 2.75) is 52.2 Å². The van der Waals surface area contributed by atoms with E-state index in [1.54, 1.807) is 0 Å². The first-order valence-corrected chi connectivity index (χ1v) is 10.0. The van der Waals surface area contributed by atoms with Gasteiger partial charge in [0.25, 0.3) is 0 Å². The lowest BCUT2D eigenvalue weighted by Gasteiger charge is -2.42. The normalized spacial score (nSPS) is 18.4. The number of hydrogen-bond donors (Lipinski definition) is 0. The maximum absolute atomic E-state index is 12.8. The van der Waals surface area contributed by atoms with Gasteiger partial charge in [0, 0.05) is 6.04 Å². The SMILES string of the molecule is C=CCC1(C(=O)OC(C)C)CCN(C(C)c2cccc3ccccc23)CC1. The third-order valence-corrected chi connectivity index (χ3v) is 5.89. The van der Waals surface area contributed by atoms with Gasteiger partial charge in [0.1, 0.15) is 0 Å². The van der Waals surface area contributed by atoms with Gasteiger partial charge in [-0.15, -0.1) is 6.58 Å². The van der Waals surface area contributed by atoms with Gasteiger partial charge in [0.2, 0.25) is 0 Å². The predicted octanol–water partition coefficient (Wildman–Crippen LogP) is 5.51. The summed E-state index contributed by atoms with van der Waals surface area (Å²) in [6.45, 7) is 11.8. The summed E-state index contributed by atoms with van der Waals surface area (Å²) in [4.78, 5) is 15.2. The molecule has 1 atom stereocenters. The van der Waals surface area contributed by atoms with Crippen molar-refractivity contribution in [3.8, 4) is 0 Å². The molecule has 0 amide bonds. The zero-order valence-corrected chi connectivity index (χ0v) is 16.8. The molecule has 27 heavy (non-hydrogen) atoms. The number of rotatable bonds is 6. The monoisotopic (exact) mass is 365 g/mol. The van der Waals surface area contributed by atoms with Gasteiger partial charge >= 0.3 is 5.97 Å². The van der Waals surface area contributed by atoms with Crippen molar-refractivity contribution in [1.29, 1.82) is 0 Å². The van der Waals surface area contributed by atoms with E-state index in [0.29, 0.717) is 12.5 Å². The number of carbonyl (C=O) groups is 1. The molecule has 1 aliphatic heterocycles. The van der Waals surface area contributed by atoms with Gasteiger partial charge in [-0.3, -0.25) is 9.69 Å². The summed E-state index contributed by atoms with van der Waals surface area (Å²) in [6.07, 6.45) is 4.12. The molecule has 0 radical (unpaired) electrons. The highest BCUT2D eigenvalue weighted by atomic mass is 16.5. The van der Waals surface area contributed by atoms with Gasteiger partial charge in [-0.2, -0.15) is 0 Å². The maximum Gasteiger partial charge on any atom is 0.312 e. The zero-order chi connectivity index (χ0) is 19.4. The summed E-state index contributed by atoms with van der Waals surface area (Å²) >= 11 is 0. The van der Waals surface area contributed by atoms with E-state index in [9.17, 15) is 4.79 Å². The number of benzene rings is 2. The van der Waals surface area contributed by atoms with Crippen LogP contribution in [0, 0.1) is 5.41 Å². The van der Waals surface area contributed by atoms with Crippen LogP contribution < -0.4 is 0 Å². The Bertz CT molecular complexity index is 798. The molecule has 0 spiro atoms. The highest BCUT2D eigenvalue weighted by Crippen LogP contribution is 2.40. The molecule has 3 heteroatoms. The summed E-state index contributed by atoms with van der Waals surface area (Å²) < 4.78 is 5.58. The Labute approximate surface area is 163 Å². The van der Waals surface area contributed by atoms with Crippen molar-refractivity contribution in [2.75, 3.05) is 13.1 Å². The Kier molecular flexibility index (Phi) is 6.01. The average molecular weight is 366 g/mol. The van der Waals surface area contributed by atoms with E-state index in [1.807, 2.05) is 19.9 Å². The van der Waals surface area contributed by atoms with E-state index in [1.165, 1.54) is 16.3 Å². The predicted molar refractivity (Wildman–Crippen MR) is 112 cm³/mol. The summed E-state index contributed by atoms with van der Waals surface area (Å²) in [5.41, 5.74) is 0.940. The van der Waals surface area contributed by atoms with E-state index < -0.39 is 5.41 Å². The first-order valence-electron chi connectivity index (χ1n) is 10.0. The van der Waals surface area contributed by atoms with Gasteiger partial charge in [0.05, 0.1) is 11.5 Å². The molecular weight excluding hydrogens is 334 g/mol. The second-order valence-electron chi connectivity index (χ2n) is 8.01. The fourth-order valence-electron chi connectivity index (χ4n) is 4.26. The summed E-state index contributed by atoms with van der Waals surface area (Å²) in [5, 5.41) is 2.59. The topological polar surface area (TPSA) is 29.5 Å². The number of nitrogens with zero attached hydrogens (tertiary/aromatic N) is 1. The van der Waals surface area contributed by atoms with E-state index >= 15 is 0 Å². The van der Waals surface area contributed by atoms with E-state index in [-0.39, 0.29) is 12.1 Å². The van der Waals surface area contributed by atoms with E-state index in [2.05, 4.69) is 60.9 Å². The molecule has 0 aromatic heterocycles. The number of piperidine rings is 1. The first kappa shape index (κ1) is 19.6. The number of esters is 1. The van der Waals surface area contributed by atoms with Crippen molar-refractivity contribution in [3.63, 3.8) is 0 Å². The van der Waals surface area contributed by atoms with Crippen LogP contribution in [0.3, 0.4) is 0 Å². The van der Waals surface area contributed by atoms with Crippen molar-refractivity contribution in [2.24, 2.45) is 5.41 Å². The highest BCUT2D eigenvalue weighted by molar-refractivity contribution is 5.86. The Hall–Kier alpha value is -2.13. The lowest BCUT2D eigenvalue weighted by Crippen LogP contribution is -2.46. The summed E-state index contributed by atoms with van der Waals surface area (Å²) in [6, 6.07) is 15.4. The van der Waals surface area contributed by atoms with Crippen LogP contribution >= 0.6 is 0 Å². The molecule has 0 aliphatic carbocycles. The molecule has 1 unspecified atom stereocenters. The van der Waals surface area contributed by atoms with Crippen molar-refractivity contribution < 1.29 is 9.53 Å². The smallest absolute Gasteiger partial charge is 0.312 e. The van der Waals surface area contributed by atoms with Crippen LogP contribution in [0.1, 0.15) is 51.6 Å². The third-order valence-electron chi connectivity index (χ3n) is 5.89. The lowest BCUT2D eigenvalue weighted by atomic mass is 9.75. The fraction of sp³-hybridized carbons (Fsp3) is 0.458. The number of allylic oxidation sites excluding steroid dienone is 1. The number of ether oxygens (including phenoxy) is 1. The second-order valence-corrected chi connectivity index (χ2v) is 8.01. The molecule has 1 aliphatic rings. The molecule has 1 saturated heterocycles. The largest absolute Gasteiger partial charge is 0.463 e. The van der Waals surface area contributed by atoms with Crippen LogP contribution in [0.4, 0.5) is 0 Å².